The molecule has 0 unspecified atom stereocenters. The zero-order chi connectivity index (χ0) is 21.6. The molecule has 8 nitrogen and oxygen atoms in total. The first-order valence-electron chi connectivity index (χ1n) is 10.6. The summed E-state index contributed by atoms with van der Waals surface area (Å²) in [6.45, 7) is 6.54. The summed E-state index contributed by atoms with van der Waals surface area (Å²) in [4.78, 5) is 33.9. The van der Waals surface area contributed by atoms with Gasteiger partial charge in [-0.3, -0.25) is 14.9 Å². The SMILES string of the molecule is CCN1CCN(C2=N[C@@H](C(=O)Nc3ccc(Oc4ccccc4)cc3)CC(=O)N2)CC1. The summed E-state index contributed by atoms with van der Waals surface area (Å²) in [5.41, 5.74) is 0.629. The lowest BCUT2D eigenvalue weighted by Gasteiger charge is -2.37. The molecule has 0 aliphatic carbocycles. The number of hydrogen-bond acceptors (Lipinski definition) is 6. The van der Waals surface area contributed by atoms with Crippen LogP contribution >= 0.6 is 0 Å². The molecule has 2 aromatic rings. The van der Waals surface area contributed by atoms with Crippen LogP contribution in [0.4, 0.5) is 5.69 Å². The van der Waals surface area contributed by atoms with Gasteiger partial charge in [0.15, 0.2) is 0 Å². The third kappa shape index (κ3) is 5.40. The van der Waals surface area contributed by atoms with E-state index in [2.05, 4.69) is 27.4 Å². The van der Waals surface area contributed by atoms with E-state index in [1.807, 2.05) is 35.2 Å². The van der Waals surface area contributed by atoms with Gasteiger partial charge in [0, 0.05) is 31.9 Å². The highest BCUT2D eigenvalue weighted by Crippen LogP contribution is 2.23. The number of carbonyl (C=O) groups is 2. The highest BCUT2D eigenvalue weighted by Gasteiger charge is 2.30. The predicted molar refractivity (Wildman–Crippen MR) is 119 cm³/mol. The molecule has 2 aliphatic rings. The standard InChI is InChI=1S/C23H27N5O3/c1-2-27-12-14-28(15-13-27)23-25-20(16-21(29)26-23)22(30)24-17-8-10-19(11-9-17)31-18-6-4-3-5-7-18/h3-11,20H,2,12-16H2,1H3,(H,24,30)(H,25,26,29)/t20-/m1/s1. The highest BCUT2D eigenvalue weighted by molar-refractivity contribution is 6.06. The number of nitrogens with zero attached hydrogens (tertiary/aromatic N) is 3. The number of likely N-dealkylation sites (N-methyl/N-ethyl adjacent to an activating group) is 1. The number of anilines is 1. The largest absolute Gasteiger partial charge is 0.457 e. The van der Waals surface area contributed by atoms with Gasteiger partial charge < -0.3 is 19.9 Å². The van der Waals surface area contributed by atoms with Crippen molar-refractivity contribution in [3.8, 4) is 11.5 Å². The zero-order valence-electron chi connectivity index (χ0n) is 17.6. The molecule has 0 aromatic heterocycles. The topological polar surface area (TPSA) is 86.3 Å². The normalized spacial score (nSPS) is 19.4. The van der Waals surface area contributed by atoms with Gasteiger partial charge in [0.2, 0.25) is 17.8 Å². The lowest BCUT2D eigenvalue weighted by molar-refractivity contribution is -0.125. The quantitative estimate of drug-likeness (QED) is 0.774. The fourth-order valence-corrected chi connectivity index (χ4v) is 3.62. The van der Waals surface area contributed by atoms with Crippen LogP contribution in [-0.2, 0) is 9.59 Å². The molecule has 0 spiro atoms. The number of nitrogens with one attached hydrogen (secondary N) is 2. The van der Waals surface area contributed by atoms with Gasteiger partial charge in [-0.05, 0) is 42.9 Å². The van der Waals surface area contributed by atoms with E-state index in [0.29, 0.717) is 17.4 Å². The summed E-state index contributed by atoms with van der Waals surface area (Å²) < 4.78 is 5.77. The van der Waals surface area contributed by atoms with Crippen molar-refractivity contribution in [2.75, 3.05) is 38.0 Å². The van der Waals surface area contributed by atoms with E-state index in [1.54, 1.807) is 24.3 Å². The summed E-state index contributed by atoms with van der Waals surface area (Å²) in [6, 6.07) is 15.9. The van der Waals surface area contributed by atoms with Gasteiger partial charge in [0.05, 0.1) is 6.42 Å². The van der Waals surface area contributed by atoms with Crippen LogP contribution in [0.1, 0.15) is 13.3 Å². The second-order valence-electron chi connectivity index (χ2n) is 7.57. The second kappa shape index (κ2) is 9.61. The minimum atomic E-state index is -0.742. The molecule has 2 N–H and O–H groups in total. The summed E-state index contributed by atoms with van der Waals surface area (Å²) in [6.07, 6.45) is 0.0411. The molecule has 4 rings (SSSR count). The van der Waals surface area contributed by atoms with Gasteiger partial charge >= 0.3 is 0 Å². The number of piperazine rings is 1. The van der Waals surface area contributed by atoms with Crippen LogP contribution in [0, 0.1) is 0 Å². The van der Waals surface area contributed by atoms with E-state index in [0.717, 1.165) is 38.5 Å². The van der Waals surface area contributed by atoms with Crippen LogP contribution in [0.15, 0.2) is 59.6 Å². The van der Waals surface area contributed by atoms with E-state index in [9.17, 15) is 9.59 Å². The van der Waals surface area contributed by atoms with Crippen molar-refractivity contribution >= 4 is 23.5 Å². The molecule has 162 valence electrons. The molecule has 0 saturated carbocycles. The molecule has 1 saturated heterocycles. The molecule has 1 fully saturated rings. The summed E-state index contributed by atoms with van der Waals surface area (Å²) in [5.74, 6) is 1.44. The number of para-hydroxylation sites is 1. The fraction of sp³-hybridized carbons (Fsp3) is 0.348. The van der Waals surface area contributed by atoms with E-state index >= 15 is 0 Å². The van der Waals surface area contributed by atoms with Crippen molar-refractivity contribution in [3.05, 3.63) is 54.6 Å². The van der Waals surface area contributed by atoms with Gasteiger partial charge in [-0.2, -0.15) is 0 Å². The van der Waals surface area contributed by atoms with Crippen LogP contribution in [0.5, 0.6) is 11.5 Å². The number of hydrogen-bond donors (Lipinski definition) is 2. The maximum atomic E-state index is 12.8. The molecular weight excluding hydrogens is 394 g/mol. The van der Waals surface area contributed by atoms with Crippen molar-refractivity contribution in [1.29, 1.82) is 0 Å². The van der Waals surface area contributed by atoms with Crippen molar-refractivity contribution in [3.63, 3.8) is 0 Å². The summed E-state index contributed by atoms with van der Waals surface area (Å²) in [5, 5.41) is 5.67. The Hall–Kier alpha value is -3.39. The van der Waals surface area contributed by atoms with Gasteiger partial charge in [0.25, 0.3) is 0 Å². The molecule has 2 heterocycles. The van der Waals surface area contributed by atoms with E-state index in [-0.39, 0.29) is 18.2 Å². The zero-order valence-corrected chi connectivity index (χ0v) is 17.6. The average Bonchev–Trinajstić information content (AvgIpc) is 2.80. The van der Waals surface area contributed by atoms with Crippen LogP contribution in [0.25, 0.3) is 0 Å². The monoisotopic (exact) mass is 421 g/mol. The van der Waals surface area contributed by atoms with E-state index < -0.39 is 6.04 Å². The van der Waals surface area contributed by atoms with Gasteiger partial charge in [-0.15, -0.1) is 0 Å². The molecule has 0 bridgehead atoms. The second-order valence-corrected chi connectivity index (χ2v) is 7.57. The first-order valence-corrected chi connectivity index (χ1v) is 10.6. The van der Waals surface area contributed by atoms with E-state index in [4.69, 9.17) is 4.74 Å². The van der Waals surface area contributed by atoms with Crippen LogP contribution in [-0.4, -0.2) is 66.3 Å². The number of carbonyl (C=O) groups excluding carboxylic acids is 2. The van der Waals surface area contributed by atoms with Crippen LogP contribution in [0.3, 0.4) is 0 Å². The van der Waals surface area contributed by atoms with Gasteiger partial charge in [-0.25, -0.2) is 4.99 Å². The van der Waals surface area contributed by atoms with Crippen molar-refractivity contribution in [2.45, 2.75) is 19.4 Å². The molecule has 1 atom stereocenters. The molecule has 31 heavy (non-hydrogen) atoms. The highest BCUT2D eigenvalue weighted by atomic mass is 16.5. The molecule has 2 amide bonds. The number of amides is 2. The van der Waals surface area contributed by atoms with Crippen molar-refractivity contribution in [2.24, 2.45) is 4.99 Å². The molecular formula is C23H27N5O3. The fourth-order valence-electron chi connectivity index (χ4n) is 3.62. The maximum Gasteiger partial charge on any atom is 0.249 e. The third-order valence-corrected chi connectivity index (χ3v) is 5.43. The lowest BCUT2D eigenvalue weighted by Crippen LogP contribution is -2.56. The molecule has 2 aromatic carbocycles. The number of guanidine groups is 1. The first-order chi connectivity index (χ1) is 15.1. The Morgan fingerprint density at radius 2 is 1.74 bits per heavy atom. The minimum absolute atomic E-state index is 0.0411. The van der Waals surface area contributed by atoms with Crippen LogP contribution in [0.2, 0.25) is 0 Å². The van der Waals surface area contributed by atoms with Gasteiger partial charge in [0.1, 0.15) is 17.5 Å². The summed E-state index contributed by atoms with van der Waals surface area (Å²) >= 11 is 0. The first kappa shape index (κ1) is 20.9. The average molecular weight is 422 g/mol. The Morgan fingerprint density at radius 3 is 2.42 bits per heavy atom. The lowest BCUT2D eigenvalue weighted by atomic mass is 10.1. The third-order valence-electron chi connectivity index (χ3n) is 5.43. The maximum absolute atomic E-state index is 12.8. The van der Waals surface area contributed by atoms with Crippen LogP contribution < -0.4 is 15.4 Å². The minimum Gasteiger partial charge on any atom is -0.457 e. The molecule has 8 heteroatoms. The molecule has 2 aliphatic heterocycles. The Kier molecular flexibility index (Phi) is 6.47. The van der Waals surface area contributed by atoms with Crippen molar-refractivity contribution in [1.82, 2.24) is 15.1 Å². The smallest absolute Gasteiger partial charge is 0.249 e. The summed E-state index contributed by atoms with van der Waals surface area (Å²) in [7, 11) is 0. The Balaban J connectivity index is 1.37. The predicted octanol–water partition coefficient (Wildman–Crippen LogP) is 2.30. The number of rotatable bonds is 5. The van der Waals surface area contributed by atoms with Crippen molar-refractivity contribution < 1.29 is 14.3 Å². The number of aliphatic imine (C=N–C) groups is 1. The molecule has 0 radical (unpaired) electrons. The Bertz CT molecular complexity index is 937. The Labute approximate surface area is 181 Å². The number of ether oxygens (including phenoxy) is 1. The Morgan fingerprint density at radius 1 is 1.06 bits per heavy atom. The number of benzene rings is 2. The van der Waals surface area contributed by atoms with Gasteiger partial charge in [-0.1, -0.05) is 25.1 Å². The van der Waals surface area contributed by atoms with E-state index in [1.165, 1.54) is 0 Å².